The zero-order chi connectivity index (χ0) is 14.7. The number of ether oxygens (including phenoxy) is 1. The molecule has 2 N–H and O–H groups in total. The third-order valence-corrected chi connectivity index (χ3v) is 3.25. The number of benzene rings is 1. The number of carboxylic acids is 1. The lowest BCUT2D eigenvalue weighted by atomic mass is 10.2. The Morgan fingerprint density at radius 3 is 2.75 bits per heavy atom. The highest BCUT2D eigenvalue weighted by Crippen LogP contribution is 2.39. The Morgan fingerprint density at radius 2 is 2.10 bits per heavy atom. The lowest BCUT2D eigenvalue weighted by Gasteiger charge is -2.13. The molecule has 2 aromatic rings. The summed E-state index contributed by atoms with van der Waals surface area (Å²) in [5.41, 5.74) is 0.358. The van der Waals surface area contributed by atoms with Gasteiger partial charge in [0.15, 0.2) is 0 Å². The first kappa shape index (κ1) is 14.4. The van der Waals surface area contributed by atoms with Crippen LogP contribution in [0.1, 0.15) is 10.4 Å². The number of aromatic carboxylic acids is 1. The van der Waals surface area contributed by atoms with Crippen LogP contribution in [0.25, 0.3) is 0 Å². The van der Waals surface area contributed by atoms with Crippen molar-refractivity contribution in [1.82, 2.24) is 4.98 Å². The van der Waals surface area contributed by atoms with E-state index in [1.54, 1.807) is 12.1 Å². The molecule has 2 rings (SSSR count). The summed E-state index contributed by atoms with van der Waals surface area (Å²) in [5, 5.41) is 12.5. The van der Waals surface area contributed by atoms with Crippen molar-refractivity contribution in [2.24, 2.45) is 0 Å². The summed E-state index contributed by atoms with van der Waals surface area (Å²) < 4.78 is 5.09. The lowest BCUT2D eigenvalue weighted by Crippen LogP contribution is -2.05. The average Bonchev–Trinajstić information content (AvgIpc) is 2.44. The maximum Gasteiger partial charge on any atom is 0.339 e. The zero-order valence-electron chi connectivity index (χ0n) is 10.4. The summed E-state index contributed by atoms with van der Waals surface area (Å²) in [6, 6.07) is 6.17. The predicted molar refractivity (Wildman–Crippen MR) is 77.5 cm³/mol. The number of rotatable bonds is 4. The molecule has 0 bridgehead atoms. The molecule has 7 heteroatoms. The third kappa shape index (κ3) is 2.79. The van der Waals surface area contributed by atoms with Crippen LogP contribution in [0.4, 0.5) is 11.5 Å². The van der Waals surface area contributed by atoms with Crippen molar-refractivity contribution in [2.45, 2.75) is 0 Å². The fourth-order valence-electron chi connectivity index (χ4n) is 1.60. The van der Waals surface area contributed by atoms with Crippen LogP contribution < -0.4 is 10.1 Å². The second kappa shape index (κ2) is 5.98. The van der Waals surface area contributed by atoms with Crippen molar-refractivity contribution in [3.63, 3.8) is 0 Å². The van der Waals surface area contributed by atoms with E-state index in [0.717, 1.165) is 0 Å². The standard InChI is InChI=1S/C13H10Cl2N2O3/c1-20-9-5-4-8(14)11(10(9)15)17-12-7(13(18)19)3-2-6-16-12/h2-6H,1H3,(H,16,17)(H,18,19). The molecule has 0 aliphatic rings. The minimum atomic E-state index is -1.10. The van der Waals surface area contributed by atoms with Crippen molar-refractivity contribution in [1.29, 1.82) is 0 Å². The minimum Gasteiger partial charge on any atom is -0.495 e. The molecule has 0 aliphatic carbocycles. The first-order valence-corrected chi connectivity index (χ1v) is 6.27. The molecule has 0 saturated carbocycles. The van der Waals surface area contributed by atoms with E-state index >= 15 is 0 Å². The molecule has 5 nitrogen and oxygen atoms in total. The van der Waals surface area contributed by atoms with Gasteiger partial charge in [0.2, 0.25) is 0 Å². The summed E-state index contributed by atoms with van der Waals surface area (Å²) in [4.78, 5) is 15.1. The van der Waals surface area contributed by atoms with Gasteiger partial charge < -0.3 is 15.2 Å². The number of carboxylic acid groups (broad SMARTS) is 1. The van der Waals surface area contributed by atoms with Crippen molar-refractivity contribution >= 4 is 40.7 Å². The van der Waals surface area contributed by atoms with Crippen LogP contribution in [-0.4, -0.2) is 23.2 Å². The lowest BCUT2D eigenvalue weighted by molar-refractivity contribution is 0.0697. The van der Waals surface area contributed by atoms with Crippen LogP contribution >= 0.6 is 23.2 Å². The smallest absolute Gasteiger partial charge is 0.339 e. The highest BCUT2D eigenvalue weighted by Gasteiger charge is 2.16. The van der Waals surface area contributed by atoms with Crippen LogP contribution in [0.15, 0.2) is 30.5 Å². The van der Waals surface area contributed by atoms with Crippen LogP contribution in [0.3, 0.4) is 0 Å². The maximum absolute atomic E-state index is 11.1. The van der Waals surface area contributed by atoms with Crippen molar-refractivity contribution in [2.75, 3.05) is 12.4 Å². The van der Waals surface area contributed by atoms with E-state index in [9.17, 15) is 4.79 Å². The van der Waals surface area contributed by atoms with E-state index in [-0.39, 0.29) is 16.4 Å². The minimum absolute atomic E-state index is 0.0162. The molecule has 0 atom stereocenters. The number of hydrogen-bond donors (Lipinski definition) is 2. The maximum atomic E-state index is 11.1. The molecule has 0 fully saturated rings. The molecule has 0 aliphatic heterocycles. The van der Waals surface area contributed by atoms with Gasteiger partial charge in [0.05, 0.1) is 17.8 Å². The summed E-state index contributed by atoms with van der Waals surface area (Å²) in [6.45, 7) is 0. The second-order valence-electron chi connectivity index (χ2n) is 3.77. The van der Waals surface area contributed by atoms with Gasteiger partial charge in [-0.25, -0.2) is 9.78 Å². The molecule has 1 aromatic heterocycles. The summed E-state index contributed by atoms with van der Waals surface area (Å²) in [5.74, 6) is -0.529. The number of carbonyl (C=O) groups is 1. The van der Waals surface area contributed by atoms with Gasteiger partial charge in [0, 0.05) is 6.20 Å². The van der Waals surface area contributed by atoms with E-state index in [1.807, 2.05) is 0 Å². The molecule has 1 aromatic carbocycles. The Morgan fingerprint density at radius 1 is 1.35 bits per heavy atom. The third-order valence-electron chi connectivity index (χ3n) is 2.56. The molecule has 20 heavy (non-hydrogen) atoms. The monoisotopic (exact) mass is 312 g/mol. The number of hydrogen-bond acceptors (Lipinski definition) is 4. The van der Waals surface area contributed by atoms with Gasteiger partial charge in [-0.05, 0) is 24.3 Å². The second-order valence-corrected chi connectivity index (χ2v) is 4.55. The number of nitrogens with zero attached hydrogens (tertiary/aromatic N) is 1. The van der Waals surface area contributed by atoms with Crippen LogP contribution in [0.2, 0.25) is 10.0 Å². The Hall–Kier alpha value is -1.98. The van der Waals surface area contributed by atoms with Crippen molar-refractivity contribution in [3.8, 4) is 5.75 Å². The molecule has 0 amide bonds. The summed E-state index contributed by atoms with van der Waals surface area (Å²) in [7, 11) is 1.47. The SMILES string of the molecule is COc1ccc(Cl)c(Nc2ncccc2C(=O)O)c1Cl. The molecule has 0 saturated heterocycles. The molecule has 1 heterocycles. The Labute approximate surface area is 125 Å². The number of anilines is 2. The van der Waals surface area contributed by atoms with Crippen LogP contribution in [0, 0.1) is 0 Å². The summed E-state index contributed by atoms with van der Waals surface area (Å²) >= 11 is 12.2. The number of nitrogens with one attached hydrogen (secondary N) is 1. The van der Waals surface area contributed by atoms with Gasteiger partial charge in [-0.3, -0.25) is 0 Å². The zero-order valence-corrected chi connectivity index (χ0v) is 11.9. The van der Waals surface area contributed by atoms with E-state index in [1.165, 1.54) is 25.4 Å². The summed E-state index contributed by atoms with van der Waals surface area (Å²) in [6.07, 6.45) is 1.47. The van der Waals surface area contributed by atoms with Crippen molar-refractivity contribution < 1.29 is 14.6 Å². The molecular formula is C13H10Cl2N2O3. The first-order chi connectivity index (χ1) is 9.54. The largest absolute Gasteiger partial charge is 0.495 e. The number of aromatic nitrogens is 1. The Bertz CT molecular complexity index is 662. The van der Waals surface area contributed by atoms with Crippen molar-refractivity contribution in [3.05, 3.63) is 46.1 Å². The molecule has 0 unspecified atom stereocenters. The molecule has 0 radical (unpaired) electrons. The van der Waals surface area contributed by atoms with E-state index in [0.29, 0.717) is 16.5 Å². The van der Waals surface area contributed by atoms with Gasteiger partial charge in [-0.2, -0.15) is 0 Å². The normalized spacial score (nSPS) is 10.2. The van der Waals surface area contributed by atoms with E-state index in [2.05, 4.69) is 10.3 Å². The molecule has 104 valence electrons. The van der Waals surface area contributed by atoms with E-state index < -0.39 is 5.97 Å². The number of pyridine rings is 1. The van der Waals surface area contributed by atoms with Gasteiger partial charge in [0.1, 0.15) is 22.2 Å². The van der Waals surface area contributed by atoms with Gasteiger partial charge in [-0.1, -0.05) is 23.2 Å². The quantitative estimate of drug-likeness (QED) is 0.897. The Balaban J connectivity index is 2.48. The number of methoxy groups -OCH3 is 1. The fraction of sp³-hybridized carbons (Fsp3) is 0.0769. The molecular weight excluding hydrogens is 303 g/mol. The molecule has 0 spiro atoms. The fourth-order valence-corrected chi connectivity index (χ4v) is 2.14. The predicted octanol–water partition coefficient (Wildman–Crippen LogP) is 3.84. The van der Waals surface area contributed by atoms with Gasteiger partial charge in [0.25, 0.3) is 0 Å². The van der Waals surface area contributed by atoms with Crippen LogP contribution in [0.5, 0.6) is 5.75 Å². The van der Waals surface area contributed by atoms with Gasteiger partial charge >= 0.3 is 5.97 Å². The van der Waals surface area contributed by atoms with Crippen LogP contribution in [-0.2, 0) is 0 Å². The average molecular weight is 313 g/mol. The number of halogens is 2. The highest BCUT2D eigenvalue weighted by molar-refractivity contribution is 6.40. The van der Waals surface area contributed by atoms with Gasteiger partial charge in [-0.15, -0.1) is 0 Å². The topological polar surface area (TPSA) is 71.5 Å². The first-order valence-electron chi connectivity index (χ1n) is 5.52. The highest BCUT2D eigenvalue weighted by atomic mass is 35.5. The van der Waals surface area contributed by atoms with E-state index in [4.69, 9.17) is 33.0 Å². The Kier molecular flexibility index (Phi) is 4.32.